The Morgan fingerprint density at radius 3 is 2.27 bits per heavy atom. The van der Waals surface area contributed by atoms with E-state index in [1.54, 1.807) is 33.8 Å². The van der Waals surface area contributed by atoms with Crippen molar-refractivity contribution in [2.75, 3.05) is 20.8 Å². The van der Waals surface area contributed by atoms with E-state index in [2.05, 4.69) is 5.32 Å². The Bertz CT molecular complexity index is 710. The summed E-state index contributed by atoms with van der Waals surface area (Å²) < 4.78 is 27.3. The Hall–Kier alpha value is -2.48. The molecular formula is C22H35NO7. The zero-order valence-corrected chi connectivity index (χ0v) is 19.3. The first-order valence-electron chi connectivity index (χ1n) is 10.0. The highest BCUT2D eigenvalue weighted by Crippen LogP contribution is 2.33. The summed E-state index contributed by atoms with van der Waals surface area (Å²) in [7, 11) is 3.06. The summed E-state index contributed by atoms with van der Waals surface area (Å²) in [6.07, 6.45) is -1.23. The molecular weight excluding hydrogens is 390 g/mol. The molecule has 1 rings (SSSR count). The van der Waals surface area contributed by atoms with Crippen molar-refractivity contribution in [2.45, 2.75) is 72.3 Å². The van der Waals surface area contributed by atoms with Gasteiger partial charge in [0.15, 0.2) is 6.10 Å². The first-order valence-corrected chi connectivity index (χ1v) is 10.0. The lowest BCUT2D eigenvalue weighted by atomic mass is 10.0. The molecule has 0 aliphatic rings. The van der Waals surface area contributed by atoms with Crippen LogP contribution in [0, 0.1) is 0 Å². The van der Waals surface area contributed by atoms with E-state index < -0.39 is 23.8 Å². The molecule has 1 amide bonds. The van der Waals surface area contributed by atoms with Crippen molar-refractivity contribution < 1.29 is 33.3 Å². The minimum Gasteiger partial charge on any atom is -0.496 e. The van der Waals surface area contributed by atoms with E-state index in [0.29, 0.717) is 17.1 Å². The van der Waals surface area contributed by atoms with E-state index in [-0.39, 0.29) is 25.7 Å². The molecule has 8 nitrogen and oxygen atoms in total. The van der Waals surface area contributed by atoms with E-state index in [1.807, 2.05) is 19.9 Å². The van der Waals surface area contributed by atoms with Gasteiger partial charge in [-0.1, -0.05) is 6.07 Å². The van der Waals surface area contributed by atoms with Crippen LogP contribution in [0.5, 0.6) is 11.5 Å². The second-order valence-electron chi connectivity index (χ2n) is 7.92. The fraction of sp³-hybridized carbons (Fsp3) is 0.636. The molecule has 1 aromatic carbocycles. The van der Waals surface area contributed by atoms with Crippen LogP contribution in [0.15, 0.2) is 12.1 Å². The summed E-state index contributed by atoms with van der Waals surface area (Å²) >= 11 is 0. The quantitative estimate of drug-likeness (QED) is 0.572. The van der Waals surface area contributed by atoms with Gasteiger partial charge in [-0.3, -0.25) is 0 Å². The van der Waals surface area contributed by atoms with E-state index in [1.165, 1.54) is 14.2 Å². The number of amides is 1. The number of methoxy groups -OCH3 is 2. The Labute approximate surface area is 179 Å². The number of benzene rings is 1. The number of carbonyl (C=O) groups is 2. The molecule has 0 aliphatic heterocycles. The molecule has 0 radical (unpaired) electrons. The molecule has 1 aromatic rings. The molecule has 1 unspecified atom stereocenters. The molecule has 1 atom stereocenters. The van der Waals surface area contributed by atoms with Gasteiger partial charge in [-0.05, 0) is 53.2 Å². The smallest absolute Gasteiger partial charge is 0.407 e. The Morgan fingerprint density at radius 2 is 1.77 bits per heavy atom. The molecule has 8 heteroatoms. The predicted molar refractivity (Wildman–Crippen MR) is 113 cm³/mol. The van der Waals surface area contributed by atoms with Crippen LogP contribution in [0.3, 0.4) is 0 Å². The molecule has 1 N–H and O–H groups in total. The largest absolute Gasteiger partial charge is 0.496 e. The zero-order chi connectivity index (χ0) is 22.9. The number of hydrogen-bond acceptors (Lipinski definition) is 7. The number of rotatable bonds is 10. The maximum atomic E-state index is 12.4. The molecule has 30 heavy (non-hydrogen) atoms. The van der Waals surface area contributed by atoms with Crippen LogP contribution in [0.1, 0.15) is 52.7 Å². The van der Waals surface area contributed by atoms with Gasteiger partial charge in [0.1, 0.15) is 17.1 Å². The van der Waals surface area contributed by atoms with Gasteiger partial charge in [-0.15, -0.1) is 0 Å². The zero-order valence-electron chi connectivity index (χ0n) is 19.3. The minimum absolute atomic E-state index is 0.129. The summed E-state index contributed by atoms with van der Waals surface area (Å²) in [5.74, 6) is 0.619. The molecule has 0 bridgehead atoms. The fourth-order valence-corrected chi connectivity index (χ4v) is 2.86. The van der Waals surface area contributed by atoms with E-state index in [0.717, 1.165) is 5.56 Å². The van der Waals surface area contributed by atoms with E-state index >= 15 is 0 Å². The topological polar surface area (TPSA) is 92.3 Å². The van der Waals surface area contributed by atoms with Gasteiger partial charge in [0.05, 0.1) is 39.0 Å². The van der Waals surface area contributed by atoms with Gasteiger partial charge >= 0.3 is 12.1 Å². The van der Waals surface area contributed by atoms with Crippen molar-refractivity contribution in [3.63, 3.8) is 0 Å². The molecule has 0 aromatic heterocycles. The highest BCUT2D eigenvalue weighted by molar-refractivity contribution is 5.75. The van der Waals surface area contributed by atoms with Crippen LogP contribution >= 0.6 is 0 Å². The molecule has 0 saturated heterocycles. The lowest BCUT2D eigenvalue weighted by Gasteiger charge is -2.23. The van der Waals surface area contributed by atoms with Crippen LogP contribution in [-0.4, -0.2) is 50.7 Å². The Kier molecular flexibility index (Phi) is 9.92. The van der Waals surface area contributed by atoms with Crippen molar-refractivity contribution in [2.24, 2.45) is 0 Å². The molecule has 0 saturated carbocycles. The van der Waals surface area contributed by atoms with Crippen molar-refractivity contribution in [1.82, 2.24) is 5.32 Å². The third kappa shape index (κ3) is 8.10. The summed E-state index contributed by atoms with van der Waals surface area (Å²) in [6, 6.07) is 3.58. The van der Waals surface area contributed by atoms with Crippen LogP contribution in [0.4, 0.5) is 4.79 Å². The summed E-state index contributed by atoms with van der Waals surface area (Å²) in [5, 5.41) is 2.72. The maximum absolute atomic E-state index is 12.4. The van der Waals surface area contributed by atoms with Crippen LogP contribution < -0.4 is 14.8 Å². The van der Waals surface area contributed by atoms with E-state index in [4.69, 9.17) is 23.7 Å². The van der Waals surface area contributed by atoms with Crippen LogP contribution in [0.25, 0.3) is 0 Å². The lowest BCUT2D eigenvalue weighted by Crippen LogP contribution is -2.33. The standard InChI is InChI=1S/C22H35NO7/c1-9-28-20(24)18(29-14(2)3)12-15-10-11-17(26-7)16(19(15)27-8)13-23-21(25)30-22(4,5)6/h10-11,14,18H,9,12-13H2,1-8H3,(H,23,25). The molecule has 0 fully saturated rings. The summed E-state index contributed by atoms with van der Waals surface area (Å²) in [4.78, 5) is 24.4. The van der Waals surface area contributed by atoms with Crippen molar-refractivity contribution >= 4 is 12.1 Å². The first-order chi connectivity index (χ1) is 14.0. The second kappa shape index (κ2) is 11.6. The van der Waals surface area contributed by atoms with Gasteiger partial charge in [0.25, 0.3) is 0 Å². The first kappa shape index (κ1) is 25.6. The number of alkyl carbamates (subject to hydrolysis) is 1. The minimum atomic E-state index is -0.779. The highest BCUT2D eigenvalue weighted by atomic mass is 16.6. The predicted octanol–water partition coefficient (Wildman–Crippen LogP) is 3.63. The maximum Gasteiger partial charge on any atom is 0.407 e. The van der Waals surface area contributed by atoms with Crippen molar-refractivity contribution in [1.29, 1.82) is 0 Å². The normalized spacial score (nSPS) is 12.3. The third-order valence-corrected chi connectivity index (χ3v) is 3.92. The number of carbonyl (C=O) groups excluding carboxylic acids is 2. The van der Waals surface area contributed by atoms with Gasteiger partial charge in [-0.2, -0.15) is 0 Å². The van der Waals surface area contributed by atoms with E-state index in [9.17, 15) is 9.59 Å². The van der Waals surface area contributed by atoms with Gasteiger partial charge in [0.2, 0.25) is 0 Å². The number of ether oxygens (including phenoxy) is 5. The molecule has 0 spiro atoms. The number of esters is 1. The van der Waals surface area contributed by atoms with Gasteiger partial charge in [-0.25, -0.2) is 9.59 Å². The average Bonchev–Trinajstić information content (AvgIpc) is 2.64. The highest BCUT2D eigenvalue weighted by Gasteiger charge is 2.26. The van der Waals surface area contributed by atoms with Gasteiger partial charge in [0, 0.05) is 6.42 Å². The second-order valence-corrected chi connectivity index (χ2v) is 7.92. The Morgan fingerprint density at radius 1 is 1.10 bits per heavy atom. The van der Waals surface area contributed by atoms with Crippen LogP contribution in [-0.2, 0) is 32.0 Å². The molecule has 170 valence electrons. The average molecular weight is 426 g/mol. The molecule has 0 aliphatic carbocycles. The molecule has 0 heterocycles. The van der Waals surface area contributed by atoms with Crippen molar-refractivity contribution in [3.8, 4) is 11.5 Å². The SMILES string of the molecule is CCOC(=O)C(Cc1ccc(OC)c(CNC(=O)OC(C)(C)C)c1OC)OC(C)C. The number of nitrogens with one attached hydrogen (secondary N) is 1. The van der Waals surface area contributed by atoms with Crippen LogP contribution in [0.2, 0.25) is 0 Å². The third-order valence-electron chi connectivity index (χ3n) is 3.92. The van der Waals surface area contributed by atoms with Crippen molar-refractivity contribution in [3.05, 3.63) is 23.3 Å². The summed E-state index contributed by atoms with van der Waals surface area (Å²) in [5.41, 5.74) is 0.759. The number of hydrogen-bond donors (Lipinski definition) is 1. The summed E-state index contributed by atoms with van der Waals surface area (Å²) in [6.45, 7) is 11.2. The fourth-order valence-electron chi connectivity index (χ4n) is 2.86. The Balaban J connectivity index is 3.17. The lowest BCUT2D eigenvalue weighted by molar-refractivity contribution is -0.159. The van der Waals surface area contributed by atoms with Gasteiger partial charge < -0.3 is 29.0 Å². The monoisotopic (exact) mass is 425 g/mol.